The van der Waals surface area contributed by atoms with E-state index in [0.717, 1.165) is 25.7 Å². The molecule has 5 aliphatic rings. The summed E-state index contributed by atoms with van der Waals surface area (Å²) in [5.74, 6) is -1.02. The van der Waals surface area contributed by atoms with Crippen molar-refractivity contribution in [2.75, 3.05) is 5.88 Å². The lowest BCUT2D eigenvalue weighted by Crippen LogP contribution is -2.60. The van der Waals surface area contributed by atoms with E-state index in [1.807, 2.05) is 6.08 Å². The van der Waals surface area contributed by atoms with E-state index in [9.17, 15) is 24.6 Å². The molecule has 4 fully saturated rings. The summed E-state index contributed by atoms with van der Waals surface area (Å²) < 4.78 is 6.59. The maximum atomic E-state index is 13.4. The lowest BCUT2D eigenvalue weighted by molar-refractivity contribution is -0.167. The minimum atomic E-state index is -2.00. The van der Waals surface area contributed by atoms with Gasteiger partial charge in [-0.1, -0.05) is 19.4 Å². The summed E-state index contributed by atoms with van der Waals surface area (Å²) in [5.41, 5.74) is -2.72. The van der Waals surface area contributed by atoms with Crippen molar-refractivity contribution in [2.45, 2.75) is 89.4 Å². The molecule has 6 nitrogen and oxygen atoms in total. The number of aliphatic carboxylic acids is 1. The van der Waals surface area contributed by atoms with Crippen LogP contribution in [0.3, 0.4) is 0 Å². The Morgan fingerprint density at radius 2 is 1.94 bits per heavy atom. The molecule has 1 unspecified atom stereocenters. The molecular formula is C25H33ClO6. The molecule has 0 aromatic rings. The number of alkyl halides is 1. The molecule has 1 spiro atoms. The highest BCUT2D eigenvalue weighted by Crippen LogP contribution is 2.78. The summed E-state index contributed by atoms with van der Waals surface area (Å²) in [6.07, 6.45) is 6.81. The largest absolute Gasteiger partial charge is 0.479 e. The van der Waals surface area contributed by atoms with Crippen LogP contribution in [0.4, 0.5) is 0 Å². The standard InChI is InChI=1S/C25H33ClO6/c1-21-8-6-15(27)10-14(21)4-5-17-16-7-9-24(18(28)12-26,13-23(3,31)20(29)30)22(16,2)11-19-25(17,21)32-19/h10,16-17,19,31H,4-9,11-13H2,1-3H3,(H,29,30)/t16-,17-,19-,21-,22-,23?,24-,25+/m0/s1. The molecular weight excluding hydrogens is 432 g/mol. The van der Waals surface area contributed by atoms with Gasteiger partial charge in [-0.25, -0.2) is 4.79 Å². The molecule has 8 atom stereocenters. The highest BCUT2D eigenvalue weighted by Gasteiger charge is 2.81. The fraction of sp³-hybridized carbons (Fsp3) is 0.800. The fourth-order valence-electron chi connectivity index (χ4n) is 8.77. The van der Waals surface area contributed by atoms with Gasteiger partial charge in [0.2, 0.25) is 0 Å². The fourth-order valence-corrected chi connectivity index (χ4v) is 9.03. The first kappa shape index (κ1) is 22.5. The summed E-state index contributed by atoms with van der Waals surface area (Å²) in [6, 6.07) is 0. The number of aliphatic hydroxyl groups is 1. The quantitative estimate of drug-likeness (QED) is 0.475. The van der Waals surface area contributed by atoms with Crippen LogP contribution in [0.25, 0.3) is 0 Å². The summed E-state index contributed by atoms with van der Waals surface area (Å²) in [4.78, 5) is 37.3. The van der Waals surface area contributed by atoms with E-state index >= 15 is 0 Å². The minimum Gasteiger partial charge on any atom is -0.479 e. The monoisotopic (exact) mass is 464 g/mol. The number of hydrogen-bond acceptors (Lipinski definition) is 5. The zero-order chi connectivity index (χ0) is 23.3. The Morgan fingerprint density at radius 3 is 2.59 bits per heavy atom. The molecule has 4 aliphatic carbocycles. The first-order valence-electron chi connectivity index (χ1n) is 11.8. The van der Waals surface area contributed by atoms with Crippen LogP contribution in [-0.2, 0) is 19.1 Å². The normalized spacial score (nSPS) is 48.5. The zero-order valence-electron chi connectivity index (χ0n) is 19.1. The Morgan fingerprint density at radius 1 is 1.22 bits per heavy atom. The summed E-state index contributed by atoms with van der Waals surface area (Å²) in [6.45, 7) is 5.64. The van der Waals surface area contributed by atoms with Crippen LogP contribution in [0.2, 0.25) is 0 Å². The predicted octanol–water partition coefficient (Wildman–Crippen LogP) is 3.67. The first-order valence-corrected chi connectivity index (χ1v) is 12.4. The lowest BCUT2D eigenvalue weighted by Gasteiger charge is -2.58. The Hall–Kier alpha value is -1.24. The van der Waals surface area contributed by atoms with Crippen LogP contribution in [0.15, 0.2) is 11.6 Å². The third kappa shape index (κ3) is 2.52. The molecule has 0 amide bonds. The number of ketones is 2. The van der Waals surface area contributed by atoms with Gasteiger partial charge in [-0.3, -0.25) is 9.59 Å². The van der Waals surface area contributed by atoms with Crippen molar-refractivity contribution in [3.05, 3.63) is 11.6 Å². The van der Waals surface area contributed by atoms with Gasteiger partial charge < -0.3 is 14.9 Å². The van der Waals surface area contributed by atoms with Crippen LogP contribution < -0.4 is 0 Å². The van der Waals surface area contributed by atoms with Crippen LogP contribution in [0, 0.1) is 28.1 Å². The van der Waals surface area contributed by atoms with E-state index in [0.29, 0.717) is 19.3 Å². The van der Waals surface area contributed by atoms with E-state index in [1.165, 1.54) is 12.5 Å². The smallest absolute Gasteiger partial charge is 0.335 e. The molecule has 176 valence electrons. The molecule has 0 aromatic carbocycles. The van der Waals surface area contributed by atoms with Crippen LogP contribution >= 0.6 is 11.6 Å². The third-order valence-corrected chi connectivity index (χ3v) is 10.7. The van der Waals surface area contributed by atoms with Crippen molar-refractivity contribution >= 4 is 29.1 Å². The highest BCUT2D eigenvalue weighted by molar-refractivity contribution is 6.28. The number of halogens is 1. The molecule has 32 heavy (non-hydrogen) atoms. The van der Waals surface area contributed by atoms with Crippen molar-refractivity contribution < 1.29 is 29.3 Å². The lowest BCUT2D eigenvalue weighted by atomic mass is 9.44. The second kappa shape index (κ2) is 6.67. The van der Waals surface area contributed by atoms with Crippen LogP contribution in [0.5, 0.6) is 0 Å². The Labute approximate surface area is 193 Å². The van der Waals surface area contributed by atoms with Crippen molar-refractivity contribution in [3.63, 3.8) is 0 Å². The number of carbonyl (C=O) groups is 3. The van der Waals surface area contributed by atoms with Crippen molar-refractivity contribution in [3.8, 4) is 0 Å². The summed E-state index contributed by atoms with van der Waals surface area (Å²) in [5, 5.41) is 20.4. The van der Waals surface area contributed by atoms with Gasteiger partial charge in [-0.05, 0) is 75.2 Å². The summed E-state index contributed by atoms with van der Waals surface area (Å²) >= 11 is 6.08. The molecule has 0 radical (unpaired) electrons. The third-order valence-electron chi connectivity index (χ3n) is 10.5. The SMILES string of the molecule is CC(O)(C[C@]1(C(=O)CCl)CC[C@H]2[C@@H]3CCC4=CC(=O)CC[C@]4(C)[C@@]34O[C@H]4C[C@@]21C)C(=O)O. The Kier molecular flexibility index (Phi) is 4.70. The maximum absolute atomic E-state index is 13.4. The zero-order valence-corrected chi connectivity index (χ0v) is 19.8. The van der Waals surface area contributed by atoms with Gasteiger partial charge in [0, 0.05) is 17.3 Å². The molecule has 0 bridgehead atoms. The average molecular weight is 465 g/mol. The number of epoxide rings is 1. The second-order valence-electron chi connectivity index (χ2n) is 11.7. The Balaban J connectivity index is 1.57. The van der Waals surface area contributed by atoms with E-state index < -0.39 is 22.4 Å². The van der Waals surface area contributed by atoms with Gasteiger partial charge in [-0.2, -0.15) is 0 Å². The number of Topliss-reactive ketones (excluding diaryl/α,β-unsaturated/α-hetero) is 1. The molecule has 1 aliphatic heterocycles. The number of fused-ring (bicyclic) bond motifs is 3. The van der Waals surface area contributed by atoms with E-state index in [1.54, 1.807) is 0 Å². The van der Waals surface area contributed by atoms with Crippen LogP contribution in [0.1, 0.15) is 72.1 Å². The van der Waals surface area contributed by atoms with E-state index in [2.05, 4.69) is 13.8 Å². The predicted molar refractivity (Wildman–Crippen MR) is 117 cm³/mol. The highest BCUT2D eigenvalue weighted by atomic mass is 35.5. The topological polar surface area (TPSA) is 104 Å². The number of ether oxygens (including phenoxy) is 1. The van der Waals surface area contributed by atoms with Crippen molar-refractivity contribution in [1.82, 2.24) is 0 Å². The molecule has 2 N–H and O–H groups in total. The minimum absolute atomic E-state index is 0.0222. The van der Waals surface area contributed by atoms with Crippen molar-refractivity contribution in [2.24, 2.45) is 28.1 Å². The number of carbonyl (C=O) groups excluding carboxylic acids is 2. The van der Waals surface area contributed by atoms with Gasteiger partial charge in [0.05, 0.1) is 12.0 Å². The molecule has 3 saturated carbocycles. The number of carboxylic acid groups (broad SMARTS) is 1. The van der Waals surface area contributed by atoms with Gasteiger partial charge in [-0.15, -0.1) is 11.6 Å². The first-order chi connectivity index (χ1) is 14.9. The average Bonchev–Trinajstić information content (AvgIpc) is 3.37. The van der Waals surface area contributed by atoms with E-state index in [4.69, 9.17) is 16.3 Å². The molecule has 0 aromatic heterocycles. The summed E-state index contributed by atoms with van der Waals surface area (Å²) in [7, 11) is 0. The molecule has 1 heterocycles. The molecule has 1 saturated heterocycles. The molecule has 7 heteroatoms. The number of rotatable bonds is 5. The van der Waals surface area contributed by atoms with Gasteiger partial charge in [0.25, 0.3) is 0 Å². The number of carboxylic acids is 1. The van der Waals surface area contributed by atoms with Gasteiger partial charge in [0.15, 0.2) is 17.2 Å². The number of hydrogen-bond donors (Lipinski definition) is 2. The van der Waals surface area contributed by atoms with E-state index in [-0.39, 0.29) is 52.8 Å². The maximum Gasteiger partial charge on any atom is 0.335 e. The van der Waals surface area contributed by atoms with Gasteiger partial charge in [0.1, 0.15) is 5.60 Å². The molecule has 5 rings (SSSR count). The second-order valence-corrected chi connectivity index (χ2v) is 11.9. The Bertz CT molecular complexity index is 941. The van der Waals surface area contributed by atoms with Crippen LogP contribution in [-0.4, -0.2) is 50.9 Å². The van der Waals surface area contributed by atoms with Crippen molar-refractivity contribution in [1.29, 1.82) is 0 Å². The van der Waals surface area contributed by atoms with Gasteiger partial charge >= 0.3 is 5.97 Å².